The largest absolute Gasteiger partial charge is 0.394 e. The summed E-state index contributed by atoms with van der Waals surface area (Å²) in [5.41, 5.74) is -0.882. The highest BCUT2D eigenvalue weighted by Gasteiger charge is 2.53. The van der Waals surface area contributed by atoms with Gasteiger partial charge in [0.15, 0.2) is 0 Å². The van der Waals surface area contributed by atoms with Crippen LogP contribution in [0.15, 0.2) is 61.2 Å². The lowest BCUT2D eigenvalue weighted by Gasteiger charge is -2.45. The minimum absolute atomic E-state index is 0.0571. The number of hydrogen-bond donors (Lipinski definition) is 6. The molecule has 2 aromatic carbocycles. The molecule has 0 saturated heterocycles. The first-order valence-corrected chi connectivity index (χ1v) is 13.0. The lowest BCUT2D eigenvalue weighted by Crippen LogP contribution is -2.66. The van der Waals surface area contributed by atoms with Gasteiger partial charge in [-0.1, -0.05) is 81.3 Å². The van der Waals surface area contributed by atoms with Crippen LogP contribution in [0.25, 0.3) is 0 Å². The van der Waals surface area contributed by atoms with Gasteiger partial charge in [0.2, 0.25) is 0 Å². The molecule has 6 N–H and O–H groups in total. The lowest BCUT2D eigenvalue weighted by atomic mass is 9.73. The van der Waals surface area contributed by atoms with E-state index in [9.17, 15) is 30.6 Å². The maximum Gasteiger partial charge on any atom is 0.126 e. The highest BCUT2D eigenvalue weighted by molar-refractivity contribution is 5.30. The summed E-state index contributed by atoms with van der Waals surface area (Å²) in [6.45, 7) is 7.09. The molecule has 6 heteroatoms. The molecule has 5 atom stereocenters. The number of unbranched alkanes of at least 4 members (excludes halogenated alkanes) is 2. The van der Waals surface area contributed by atoms with E-state index in [4.69, 9.17) is 0 Å². The molecule has 0 radical (unpaired) electrons. The van der Waals surface area contributed by atoms with Crippen molar-refractivity contribution in [2.75, 3.05) is 6.61 Å². The van der Waals surface area contributed by atoms with Crippen molar-refractivity contribution in [3.8, 4) is 0 Å². The Kier molecular flexibility index (Phi) is 11.8. The summed E-state index contributed by atoms with van der Waals surface area (Å²) in [6, 6.07) is 15.1. The van der Waals surface area contributed by atoms with E-state index in [1.807, 2.05) is 42.5 Å². The fraction of sp³-hybridized carbons (Fsp3) is 0.533. The minimum atomic E-state index is -2.38. The Hall–Kier alpha value is -2.06. The van der Waals surface area contributed by atoms with Gasteiger partial charge >= 0.3 is 0 Å². The zero-order valence-electron chi connectivity index (χ0n) is 21.7. The van der Waals surface area contributed by atoms with Crippen LogP contribution in [-0.4, -0.2) is 66.8 Å². The van der Waals surface area contributed by atoms with Crippen molar-refractivity contribution in [2.24, 2.45) is 0 Å². The number of aliphatic hydroxyl groups excluding tert-OH is 4. The third-order valence-corrected chi connectivity index (χ3v) is 6.96. The molecule has 0 heterocycles. The van der Waals surface area contributed by atoms with Gasteiger partial charge in [0.05, 0.1) is 6.61 Å². The maximum absolute atomic E-state index is 11.7. The van der Waals surface area contributed by atoms with Crippen molar-refractivity contribution in [1.29, 1.82) is 0 Å². The van der Waals surface area contributed by atoms with E-state index in [1.54, 1.807) is 6.07 Å². The van der Waals surface area contributed by atoms with Crippen LogP contribution in [0.1, 0.15) is 61.8 Å². The van der Waals surface area contributed by atoms with Crippen LogP contribution in [0.2, 0.25) is 0 Å². The third-order valence-electron chi connectivity index (χ3n) is 6.96. The van der Waals surface area contributed by atoms with E-state index in [1.165, 1.54) is 0 Å². The van der Waals surface area contributed by atoms with Crippen LogP contribution in [0.3, 0.4) is 0 Å². The van der Waals surface area contributed by atoms with Crippen LogP contribution < -0.4 is 0 Å². The Morgan fingerprint density at radius 2 is 1.28 bits per heavy atom. The predicted molar refractivity (Wildman–Crippen MR) is 143 cm³/mol. The Labute approximate surface area is 215 Å². The Balaban J connectivity index is 2.42. The number of benzene rings is 2. The number of rotatable bonds is 16. The second-order valence-electron chi connectivity index (χ2n) is 9.98. The molecule has 0 spiro atoms. The van der Waals surface area contributed by atoms with E-state index in [0.717, 1.165) is 61.3 Å². The van der Waals surface area contributed by atoms with Crippen LogP contribution in [0.4, 0.5) is 0 Å². The van der Waals surface area contributed by atoms with Crippen molar-refractivity contribution in [3.05, 3.63) is 83.4 Å². The Morgan fingerprint density at radius 1 is 0.806 bits per heavy atom. The molecule has 0 aromatic heterocycles. The molecular weight excluding hydrogens is 456 g/mol. The Morgan fingerprint density at radius 3 is 1.72 bits per heavy atom. The van der Waals surface area contributed by atoms with Gasteiger partial charge in [-0.2, -0.15) is 0 Å². The van der Waals surface area contributed by atoms with Crippen molar-refractivity contribution in [1.82, 2.24) is 0 Å². The molecular formula is C30H44O6. The second kappa shape index (κ2) is 14.0. The summed E-state index contributed by atoms with van der Waals surface area (Å²) in [6.07, 6.45) is 1.12. The highest BCUT2D eigenvalue weighted by Crippen LogP contribution is 2.33. The molecule has 0 aliphatic rings. The molecule has 0 aliphatic carbocycles. The highest BCUT2D eigenvalue weighted by atomic mass is 16.4. The summed E-state index contributed by atoms with van der Waals surface area (Å²) in [5.74, 6) is 0. The lowest BCUT2D eigenvalue weighted by molar-refractivity contribution is -0.218. The summed E-state index contributed by atoms with van der Waals surface area (Å²) in [5, 5.41) is 65.2. The molecule has 0 bridgehead atoms. The number of aliphatic hydroxyl groups is 6. The van der Waals surface area contributed by atoms with E-state index in [2.05, 4.69) is 20.4 Å². The molecule has 0 saturated carbocycles. The fourth-order valence-electron chi connectivity index (χ4n) is 4.72. The summed E-state index contributed by atoms with van der Waals surface area (Å²) >= 11 is 0. The van der Waals surface area contributed by atoms with Gasteiger partial charge in [-0.3, -0.25) is 0 Å². The first kappa shape index (κ1) is 30.2. The molecule has 1 unspecified atom stereocenters. The fourth-order valence-corrected chi connectivity index (χ4v) is 4.72. The van der Waals surface area contributed by atoms with Crippen molar-refractivity contribution >= 4 is 0 Å². The van der Waals surface area contributed by atoms with E-state index in [0.29, 0.717) is 5.56 Å². The number of hydrogen-bond acceptors (Lipinski definition) is 6. The van der Waals surface area contributed by atoms with Crippen molar-refractivity contribution in [2.45, 2.75) is 94.7 Å². The molecule has 2 aromatic rings. The third kappa shape index (κ3) is 7.72. The molecule has 200 valence electrons. The van der Waals surface area contributed by atoms with E-state index >= 15 is 0 Å². The van der Waals surface area contributed by atoms with Crippen molar-refractivity contribution in [3.63, 3.8) is 0 Å². The smallest absolute Gasteiger partial charge is 0.126 e. The summed E-state index contributed by atoms with van der Waals surface area (Å²) < 4.78 is 0. The number of aryl methyl sites for hydroxylation is 2. The van der Waals surface area contributed by atoms with Crippen LogP contribution in [-0.2, 0) is 25.7 Å². The van der Waals surface area contributed by atoms with Gasteiger partial charge in [-0.25, -0.2) is 0 Å². The van der Waals surface area contributed by atoms with Crippen LogP contribution in [0.5, 0.6) is 0 Å². The Bertz CT molecular complexity index is 947. The predicted octanol–water partition coefficient (Wildman–Crippen LogP) is 2.88. The van der Waals surface area contributed by atoms with E-state index in [-0.39, 0.29) is 12.8 Å². The average molecular weight is 501 g/mol. The van der Waals surface area contributed by atoms with Gasteiger partial charge in [0.1, 0.15) is 29.5 Å². The van der Waals surface area contributed by atoms with E-state index < -0.39 is 36.1 Å². The van der Waals surface area contributed by atoms with Crippen LogP contribution in [0, 0.1) is 0 Å². The summed E-state index contributed by atoms with van der Waals surface area (Å²) in [4.78, 5) is 0. The quantitative estimate of drug-likeness (QED) is 0.197. The molecule has 0 fully saturated rings. The first-order valence-electron chi connectivity index (χ1n) is 13.0. The minimum Gasteiger partial charge on any atom is -0.394 e. The molecule has 0 aliphatic heterocycles. The molecule has 6 nitrogen and oxygen atoms in total. The zero-order chi connectivity index (χ0) is 26.8. The topological polar surface area (TPSA) is 121 Å². The monoisotopic (exact) mass is 500 g/mol. The SMILES string of the molecule is C=CC(O)(Cc1cccc(CCCC)c1)[C@@H](O)[C@@](O)(Cc1cccc(CCCC)c1)[C@H](O)[C@@H](O)CO. The van der Waals surface area contributed by atoms with Gasteiger partial charge in [-0.15, -0.1) is 6.58 Å². The standard InChI is InChI=1S/C30H44O6/c1-4-7-11-22-13-9-15-24(17-22)19-29(35,6-3)28(34)30(36,27(33)26(32)21-31)20-25-16-10-14-23(18-25)12-8-5-2/h6,9-10,13-18,26-28,31-36H,3-5,7-8,11-12,19-21H2,1-2H3/t26-,27+,28+,29?,30+/m0/s1. The summed E-state index contributed by atoms with van der Waals surface area (Å²) in [7, 11) is 0. The first-order chi connectivity index (χ1) is 17.1. The van der Waals surface area contributed by atoms with Gasteiger partial charge in [-0.05, 0) is 47.9 Å². The van der Waals surface area contributed by atoms with Gasteiger partial charge in [0.25, 0.3) is 0 Å². The molecule has 36 heavy (non-hydrogen) atoms. The molecule has 0 amide bonds. The normalized spacial score (nSPS) is 17.6. The maximum atomic E-state index is 11.7. The zero-order valence-corrected chi connectivity index (χ0v) is 21.7. The average Bonchev–Trinajstić information content (AvgIpc) is 2.89. The van der Waals surface area contributed by atoms with Crippen LogP contribution >= 0.6 is 0 Å². The van der Waals surface area contributed by atoms with Crippen molar-refractivity contribution < 1.29 is 30.6 Å². The molecule has 2 rings (SSSR count). The van der Waals surface area contributed by atoms with Gasteiger partial charge in [0, 0.05) is 12.8 Å². The second-order valence-corrected chi connectivity index (χ2v) is 9.98. The van der Waals surface area contributed by atoms with Gasteiger partial charge < -0.3 is 30.6 Å².